The van der Waals surface area contributed by atoms with Crippen LogP contribution < -0.4 is 10.6 Å². The van der Waals surface area contributed by atoms with Crippen molar-refractivity contribution in [2.45, 2.75) is 31.3 Å². The zero-order chi connectivity index (χ0) is 20.8. The van der Waals surface area contributed by atoms with Gasteiger partial charge in [-0.05, 0) is 45.0 Å². The summed E-state index contributed by atoms with van der Waals surface area (Å²) < 4.78 is 43.8. The van der Waals surface area contributed by atoms with Crippen LogP contribution in [0.15, 0.2) is 50.7 Å². The minimum Gasteiger partial charge on any atom is -0.463 e. The van der Waals surface area contributed by atoms with Gasteiger partial charge < -0.3 is 20.2 Å². The Kier molecular flexibility index (Phi) is 9.56. The number of hydrogen-bond acceptors (Lipinski definition) is 5. The van der Waals surface area contributed by atoms with E-state index in [1.54, 1.807) is 26.0 Å². The van der Waals surface area contributed by atoms with Crippen LogP contribution in [0.5, 0.6) is 0 Å². The first-order valence-electron chi connectivity index (χ1n) is 8.94. The maximum atomic E-state index is 13.7. The topological polar surface area (TPSA) is 104 Å². The molecule has 1 aromatic heterocycles. The molecule has 1 unspecified atom stereocenters. The van der Waals surface area contributed by atoms with E-state index in [0.717, 1.165) is 6.07 Å². The summed E-state index contributed by atoms with van der Waals surface area (Å²) in [7, 11) is -3.77. The molecule has 1 heterocycles. The van der Waals surface area contributed by atoms with Gasteiger partial charge in [0, 0.05) is 13.1 Å². The summed E-state index contributed by atoms with van der Waals surface area (Å²) in [6.07, 6.45) is 0. The standard InChI is InChI=1S/C19H26FN3O4S.HI/c1-4-21-18(23-13-19(3,24)17-10-9-14(2)27-17)22-11-12-28(25,26)16-8-6-5-7-15(16)20;/h5-10,24H,4,11-13H2,1-3H3,(H2,21,22,23);1H. The van der Waals surface area contributed by atoms with Crippen molar-refractivity contribution in [3.05, 3.63) is 53.7 Å². The first kappa shape index (κ1) is 25.4. The number of guanidine groups is 1. The Balaban J connectivity index is 0.00000420. The zero-order valence-corrected chi connectivity index (χ0v) is 19.8. The fourth-order valence-electron chi connectivity index (χ4n) is 2.49. The van der Waals surface area contributed by atoms with E-state index in [4.69, 9.17) is 4.42 Å². The zero-order valence-electron chi connectivity index (χ0n) is 16.6. The summed E-state index contributed by atoms with van der Waals surface area (Å²) >= 11 is 0. The highest BCUT2D eigenvalue weighted by atomic mass is 127. The van der Waals surface area contributed by atoms with E-state index >= 15 is 0 Å². The molecule has 2 rings (SSSR count). The molecular weight excluding hydrogens is 512 g/mol. The number of sulfone groups is 1. The van der Waals surface area contributed by atoms with Gasteiger partial charge in [-0.3, -0.25) is 0 Å². The van der Waals surface area contributed by atoms with Crippen molar-refractivity contribution in [1.82, 2.24) is 10.6 Å². The Morgan fingerprint density at radius 1 is 1.24 bits per heavy atom. The van der Waals surface area contributed by atoms with E-state index < -0.39 is 21.3 Å². The number of aliphatic hydroxyl groups is 1. The third-order valence-corrected chi connectivity index (χ3v) is 5.74. The third kappa shape index (κ3) is 7.27. The van der Waals surface area contributed by atoms with E-state index in [-0.39, 0.29) is 47.7 Å². The number of hydrogen-bond donors (Lipinski definition) is 3. The van der Waals surface area contributed by atoms with Gasteiger partial charge in [0.05, 0.1) is 12.3 Å². The first-order valence-corrected chi connectivity index (χ1v) is 10.6. The molecule has 1 aromatic carbocycles. The number of rotatable bonds is 8. The highest BCUT2D eigenvalue weighted by Crippen LogP contribution is 2.23. The highest BCUT2D eigenvalue weighted by molar-refractivity contribution is 14.0. The molecule has 0 spiro atoms. The van der Waals surface area contributed by atoms with Gasteiger partial charge in [-0.25, -0.2) is 17.8 Å². The van der Waals surface area contributed by atoms with E-state index in [2.05, 4.69) is 15.6 Å². The number of furan rings is 1. The number of halogens is 2. The molecule has 0 amide bonds. The fourth-order valence-corrected chi connectivity index (χ4v) is 3.73. The lowest BCUT2D eigenvalue weighted by Crippen LogP contribution is -2.40. The molecular formula is C19H27FIN3O4S. The normalized spacial score (nSPS) is 14.0. The molecule has 2 aromatic rings. The molecule has 0 saturated carbocycles. The summed E-state index contributed by atoms with van der Waals surface area (Å²) in [5.41, 5.74) is -1.31. The molecule has 3 N–H and O–H groups in total. The summed E-state index contributed by atoms with van der Waals surface area (Å²) in [5, 5.41) is 16.4. The van der Waals surface area contributed by atoms with Gasteiger partial charge >= 0.3 is 0 Å². The van der Waals surface area contributed by atoms with Gasteiger partial charge in [-0.2, -0.15) is 0 Å². The first-order chi connectivity index (χ1) is 13.2. The van der Waals surface area contributed by atoms with Crippen molar-refractivity contribution in [2.24, 2.45) is 4.99 Å². The number of nitrogens with one attached hydrogen (secondary N) is 2. The van der Waals surface area contributed by atoms with Crippen molar-refractivity contribution in [2.75, 3.05) is 25.4 Å². The number of nitrogens with zero attached hydrogens (tertiary/aromatic N) is 1. The molecule has 0 saturated heterocycles. The second-order valence-corrected chi connectivity index (χ2v) is 8.63. The molecule has 7 nitrogen and oxygen atoms in total. The fraction of sp³-hybridized carbons (Fsp3) is 0.421. The van der Waals surface area contributed by atoms with E-state index in [1.807, 2.05) is 6.92 Å². The minimum atomic E-state index is -3.77. The van der Waals surface area contributed by atoms with Crippen molar-refractivity contribution in [1.29, 1.82) is 0 Å². The molecule has 0 radical (unpaired) electrons. The van der Waals surface area contributed by atoms with Crippen LogP contribution in [0, 0.1) is 12.7 Å². The van der Waals surface area contributed by atoms with Crippen molar-refractivity contribution in [3.63, 3.8) is 0 Å². The molecule has 0 bridgehead atoms. The average Bonchev–Trinajstić information content (AvgIpc) is 3.07. The third-order valence-electron chi connectivity index (χ3n) is 4.00. The largest absolute Gasteiger partial charge is 0.463 e. The number of aryl methyl sites for hydroxylation is 1. The van der Waals surface area contributed by atoms with E-state index in [9.17, 15) is 17.9 Å². The highest BCUT2D eigenvalue weighted by Gasteiger charge is 2.27. The Hall–Kier alpha value is -1.66. The average molecular weight is 539 g/mol. The van der Waals surface area contributed by atoms with Crippen LogP contribution in [0.25, 0.3) is 0 Å². The predicted octanol–water partition coefficient (Wildman–Crippen LogP) is 2.58. The van der Waals surface area contributed by atoms with Crippen LogP contribution >= 0.6 is 24.0 Å². The van der Waals surface area contributed by atoms with Crippen molar-refractivity contribution < 1.29 is 22.3 Å². The predicted molar refractivity (Wildman–Crippen MR) is 121 cm³/mol. The summed E-state index contributed by atoms with van der Waals surface area (Å²) in [4.78, 5) is 3.97. The van der Waals surface area contributed by atoms with Gasteiger partial charge in [-0.15, -0.1) is 24.0 Å². The molecule has 1 atom stereocenters. The maximum Gasteiger partial charge on any atom is 0.191 e. The Morgan fingerprint density at radius 3 is 2.52 bits per heavy atom. The summed E-state index contributed by atoms with van der Waals surface area (Å²) in [6, 6.07) is 8.72. The van der Waals surface area contributed by atoms with Gasteiger partial charge in [0.1, 0.15) is 27.8 Å². The number of aliphatic imine (C=N–C) groups is 1. The van der Waals surface area contributed by atoms with Crippen LogP contribution in [0.4, 0.5) is 4.39 Å². The van der Waals surface area contributed by atoms with Gasteiger partial charge in [0.2, 0.25) is 0 Å². The molecule has 10 heteroatoms. The monoisotopic (exact) mass is 539 g/mol. The van der Waals surface area contributed by atoms with Gasteiger partial charge in [0.25, 0.3) is 0 Å². The van der Waals surface area contributed by atoms with Crippen LogP contribution in [0.3, 0.4) is 0 Å². The quantitative estimate of drug-likeness (QED) is 0.271. The second-order valence-electron chi connectivity index (χ2n) is 6.56. The Labute approximate surface area is 187 Å². The molecule has 0 aliphatic heterocycles. The van der Waals surface area contributed by atoms with Gasteiger partial charge in [-0.1, -0.05) is 12.1 Å². The molecule has 0 aliphatic rings. The van der Waals surface area contributed by atoms with Crippen LogP contribution in [-0.4, -0.2) is 44.9 Å². The smallest absolute Gasteiger partial charge is 0.191 e. The second kappa shape index (κ2) is 10.9. The number of benzene rings is 1. The van der Waals surface area contributed by atoms with E-state index in [0.29, 0.717) is 24.0 Å². The SMILES string of the molecule is CCNC(=NCC(C)(O)c1ccc(C)o1)NCCS(=O)(=O)c1ccccc1F.I. The van der Waals surface area contributed by atoms with Crippen LogP contribution in [0.2, 0.25) is 0 Å². The maximum absolute atomic E-state index is 13.7. The minimum absolute atomic E-state index is 0. The van der Waals surface area contributed by atoms with Crippen molar-refractivity contribution in [3.8, 4) is 0 Å². The van der Waals surface area contributed by atoms with Gasteiger partial charge in [0.15, 0.2) is 15.8 Å². The molecule has 29 heavy (non-hydrogen) atoms. The van der Waals surface area contributed by atoms with Crippen LogP contribution in [0.1, 0.15) is 25.4 Å². The lowest BCUT2D eigenvalue weighted by atomic mass is 10.0. The van der Waals surface area contributed by atoms with E-state index in [1.165, 1.54) is 18.2 Å². The Morgan fingerprint density at radius 2 is 1.93 bits per heavy atom. The molecule has 0 fully saturated rings. The lowest BCUT2D eigenvalue weighted by Gasteiger charge is -2.19. The molecule has 0 aliphatic carbocycles. The molecule has 162 valence electrons. The Bertz CT molecular complexity index is 929. The van der Waals surface area contributed by atoms with Crippen molar-refractivity contribution >= 4 is 39.8 Å². The van der Waals surface area contributed by atoms with Crippen LogP contribution in [-0.2, 0) is 15.4 Å². The lowest BCUT2D eigenvalue weighted by molar-refractivity contribution is 0.0428. The summed E-state index contributed by atoms with van der Waals surface area (Å²) in [6.45, 7) is 5.82. The summed E-state index contributed by atoms with van der Waals surface area (Å²) in [5.74, 6) is 0.351.